The van der Waals surface area contributed by atoms with E-state index in [1.54, 1.807) is 61.1 Å². The molecule has 5 heterocycles. The minimum Gasteiger partial charge on any atom is -0.457 e. The molecule has 0 spiro atoms. The van der Waals surface area contributed by atoms with Crippen LogP contribution in [0.2, 0.25) is 0 Å². The number of imidazole rings is 3. The molecule has 0 fully saturated rings. The van der Waals surface area contributed by atoms with Crippen LogP contribution < -0.4 is 25.8 Å². The van der Waals surface area contributed by atoms with Crippen molar-refractivity contribution in [2.24, 2.45) is 12.0 Å². The second-order valence-electron chi connectivity index (χ2n) is 15.3. The van der Waals surface area contributed by atoms with Gasteiger partial charge in [0.05, 0.1) is 56.8 Å². The Hall–Kier alpha value is -8.24. The van der Waals surface area contributed by atoms with Crippen LogP contribution in [0.3, 0.4) is 0 Å². The smallest absolute Gasteiger partial charge is 0.432 e. The average molecular weight is 1230 g/mol. The van der Waals surface area contributed by atoms with Crippen molar-refractivity contribution in [2.75, 3.05) is 23.4 Å². The number of rotatable bonds is 10. The Morgan fingerprint density at radius 1 is 0.603 bits per heavy atom. The number of isothiocyanates is 1. The molecule has 14 nitrogen and oxygen atoms in total. The number of pyridine rings is 2. The molecule has 4 aromatic carbocycles. The molecule has 0 aliphatic carbocycles. The minimum absolute atomic E-state index is 0. The van der Waals surface area contributed by atoms with Crippen molar-refractivity contribution in [3.05, 3.63) is 156 Å². The normalized spacial score (nSPS) is 11.2. The van der Waals surface area contributed by atoms with E-state index in [2.05, 4.69) is 67.9 Å². The first kappa shape index (κ1) is 62.3. The predicted octanol–water partition coefficient (Wildman–Crippen LogP) is 16.2. The van der Waals surface area contributed by atoms with Crippen molar-refractivity contribution < 1.29 is 62.2 Å². The van der Waals surface area contributed by atoms with Crippen LogP contribution >= 0.6 is 36.2 Å². The molecule has 5 aromatic heterocycles. The van der Waals surface area contributed by atoms with Gasteiger partial charge in [-0.25, -0.2) is 15.0 Å². The van der Waals surface area contributed by atoms with Gasteiger partial charge in [0.1, 0.15) is 45.8 Å². The van der Waals surface area contributed by atoms with Crippen LogP contribution in [0.4, 0.5) is 81.4 Å². The average Bonchev–Trinajstić information content (AvgIpc) is 4.14. The highest BCUT2D eigenvalue weighted by molar-refractivity contribution is 14.0. The Morgan fingerprint density at radius 2 is 1.06 bits per heavy atom. The fourth-order valence-corrected chi connectivity index (χ4v) is 6.61. The molecule has 0 unspecified atom stereocenters. The molecule has 0 bridgehead atoms. The summed E-state index contributed by atoms with van der Waals surface area (Å²) in [6.45, 7) is 0. The standard InChI is InChI=1S/C24H16F6N6O.C16H14F3N5O.C8H4F3NS.2CH4.HI/c1-36-19-7-6-15(10-17(19)34-22(36)33-14-4-2-13(3-5-14)23(25,26)27)37-16-8-9-31-18(11-16)21-32-12-20(35-21)24(28,29)30;1-21-12-3-2-9(6-11(12)20)25-10-4-5-22-13(7-10)15-23-8-14(24-15)16(17,18)19;9-8(10,11)6-1-3-7(4-2-6)12-5-13;;;/h2-12H,1H3,(H,32,35)(H,33,34);2-8,21H,20H2,1H3,(H,23,24);1-4H;2*1H4;1H. The van der Waals surface area contributed by atoms with Gasteiger partial charge in [0.15, 0.2) is 11.6 Å². The first-order chi connectivity index (χ1) is 35.4. The molecule has 28 heteroatoms. The highest BCUT2D eigenvalue weighted by Gasteiger charge is 2.35. The number of halogens is 13. The number of nitrogens with zero attached hydrogens (tertiary/aromatic N) is 7. The SMILES string of the molecule is C.C.CNc1ccc(Oc2ccnc(-c3ncc(C(F)(F)F)[nH]3)c2)cc1N.Cn1c(Nc2ccc(C(F)(F)F)cc2)nc2cc(Oc3ccnc(-c4ncc(C(F)(F)F)[nH]4)c3)ccc21.FC(F)(F)c1ccc(N=C=S)cc1.I. The third-order valence-electron chi connectivity index (χ3n) is 10.2. The minimum atomic E-state index is -4.56. The molecule has 6 N–H and O–H groups in total. The van der Waals surface area contributed by atoms with Gasteiger partial charge in [-0.1, -0.05) is 14.9 Å². The third kappa shape index (κ3) is 16.1. The van der Waals surface area contributed by atoms with Crippen molar-refractivity contribution in [1.82, 2.24) is 39.5 Å². The number of aliphatic imine (C=N–C) groups is 1. The summed E-state index contributed by atoms with van der Waals surface area (Å²) in [4.78, 5) is 27.9. The molecule has 0 aliphatic heterocycles. The van der Waals surface area contributed by atoms with Gasteiger partial charge < -0.3 is 40.4 Å². The lowest BCUT2D eigenvalue weighted by Gasteiger charge is -2.10. The van der Waals surface area contributed by atoms with Crippen molar-refractivity contribution in [1.29, 1.82) is 0 Å². The van der Waals surface area contributed by atoms with Crippen molar-refractivity contribution in [3.8, 4) is 46.0 Å². The number of H-pyrrole nitrogens is 2. The number of aryl methyl sites for hydroxylation is 1. The van der Waals surface area contributed by atoms with Crippen LogP contribution in [-0.4, -0.2) is 51.7 Å². The van der Waals surface area contributed by atoms with E-state index in [0.29, 0.717) is 57.7 Å². The van der Waals surface area contributed by atoms with Gasteiger partial charge in [-0.2, -0.15) is 57.7 Å². The number of thiocarbonyl (C=S) groups is 1. The molecule has 78 heavy (non-hydrogen) atoms. The van der Waals surface area contributed by atoms with E-state index in [4.69, 9.17) is 15.2 Å². The van der Waals surface area contributed by atoms with E-state index in [0.717, 1.165) is 41.7 Å². The predicted molar refractivity (Wildman–Crippen MR) is 285 cm³/mol. The summed E-state index contributed by atoms with van der Waals surface area (Å²) in [5.41, 5.74) is 6.23. The molecule has 0 saturated heterocycles. The number of nitrogens with two attached hydrogens (primary N) is 1. The number of nitrogen functional groups attached to an aromatic ring is 1. The summed E-state index contributed by atoms with van der Waals surface area (Å²) >= 11 is 4.30. The van der Waals surface area contributed by atoms with Gasteiger partial charge in [0.25, 0.3) is 0 Å². The number of hydrogen-bond acceptors (Lipinski definition) is 12. The molecule has 0 amide bonds. The Bertz CT molecular complexity index is 3460. The Balaban J connectivity index is 0.000000277. The molecular weight excluding hydrogens is 1190 g/mol. The summed E-state index contributed by atoms with van der Waals surface area (Å²) in [6, 6.07) is 25.2. The summed E-state index contributed by atoms with van der Waals surface area (Å²) in [5, 5.41) is 8.00. The molecule has 0 aliphatic rings. The van der Waals surface area contributed by atoms with Crippen LogP contribution in [0.15, 0.2) is 139 Å². The van der Waals surface area contributed by atoms with E-state index in [9.17, 15) is 52.7 Å². The summed E-state index contributed by atoms with van der Waals surface area (Å²) in [7, 11) is 3.50. The highest BCUT2D eigenvalue weighted by Crippen LogP contribution is 2.36. The number of ether oxygens (including phenoxy) is 2. The first-order valence-electron chi connectivity index (χ1n) is 21.1. The van der Waals surface area contributed by atoms with Crippen molar-refractivity contribution in [2.45, 2.75) is 39.6 Å². The monoisotopic (exact) mass is 1230 g/mol. The quantitative estimate of drug-likeness (QED) is 0.0289. The molecule has 0 radical (unpaired) electrons. The second kappa shape index (κ2) is 25.7. The number of nitrogens with one attached hydrogen (secondary N) is 4. The first-order valence-corrected chi connectivity index (χ1v) is 21.5. The molecule has 0 atom stereocenters. The molecule has 412 valence electrons. The highest BCUT2D eigenvalue weighted by atomic mass is 127. The maximum atomic E-state index is 12.9. The zero-order valence-corrected chi connectivity index (χ0v) is 41.7. The maximum absolute atomic E-state index is 12.9. The number of aromatic amines is 2. The van der Waals surface area contributed by atoms with E-state index in [1.165, 1.54) is 54.9 Å². The number of fused-ring (bicyclic) bond motifs is 1. The van der Waals surface area contributed by atoms with Gasteiger partial charge in [-0.05, 0) is 97.1 Å². The lowest BCUT2D eigenvalue weighted by molar-refractivity contribution is -0.141. The lowest BCUT2D eigenvalue weighted by atomic mass is 10.2. The van der Waals surface area contributed by atoms with E-state index >= 15 is 0 Å². The van der Waals surface area contributed by atoms with Crippen LogP contribution in [0.25, 0.3) is 34.1 Å². The van der Waals surface area contributed by atoms with Gasteiger partial charge in [0, 0.05) is 56.4 Å². The second-order valence-corrected chi connectivity index (χ2v) is 15.5. The lowest BCUT2D eigenvalue weighted by Crippen LogP contribution is -2.05. The molecular formula is C50H43F12IN12O2S. The fraction of sp³-hybridized carbons (Fsp3) is 0.160. The number of benzene rings is 4. The number of aromatic nitrogens is 8. The van der Waals surface area contributed by atoms with Gasteiger partial charge in [-0.3, -0.25) is 9.97 Å². The van der Waals surface area contributed by atoms with Crippen LogP contribution in [0.1, 0.15) is 37.4 Å². The third-order valence-corrected chi connectivity index (χ3v) is 10.3. The molecule has 9 aromatic rings. The number of alkyl halides is 12. The zero-order valence-electron chi connectivity index (χ0n) is 38.6. The summed E-state index contributed by atoms with van der Waals surface area (Å²) in [6.07, 6.45) is -13.6. The Kier molecular flexibility index (Phi) is 20.6. The van der Waals surface area contributed by atoms with E-state index < -0.39 is 47.2 Å². The summed E-state index contributed by atoms with van der Waals surface area (Å²) < 4.78 is 164. The van der Waals surface area contributed by atoms with Gasteiger partial charge in [-0.15, -0.1) is 24.0 Å². The van der Waals surface area contributed by atoms with Crippen LogP contribution in [-0.2, 0) is 31.8 Å². The zero-order chi connectivity index (χ0) is 54.3. The van der Waals surface area contributed by atoms with E-state index in [1.807, 2.05) is 0 Å². The largest absolute Gasteiger partial charge is 0.457 e. The van der Waals surface area contributed by atoms with Crippen LogP contribution in [0, 0.1) is 0 Å². The van der Waals surface area contributed by atoms with Crippen LogP contribution in [0.5, 0.6) is 23.0 Å². The number of anilines is 4. The van der Waals surface area contributed by atoms with Crippen molar-refractivity contribution >= 4 is 81.1 Å². The number of hydrogen-bond donors (Lipinski definition) is 5. The molecule has 9 rings (SSSR count). The van der Waals surface area contributed by atoms with E-state index in [-0.39, 0.29) is 61.9 Å². The Morgan fingerprint density at radius 3 is 1.50 bits per heavy atom. The topological polar surface area (TPSA) is 182 Å². The Labute approximate surface area is 458 Å². The van der Waals surface area contributed by atoms with Gasteiger partial charge >= 0.3 is 24.7 Å². The molecule has 0 saturated carbocycles. The van der Waals surface area contributed by atoms with Crippen molar-refractivity contribution in [3.63, 3.8) is 0 Å². The summed E-state index contributed by atoms with van der Waals surface area (Å²) in [5.74, 6) is 1.94. The maximum Gasteiger partial charge on any atom is 0.432 e. The fourth-order valence-electron chi connectivity index (χ4n) is 6.51. The van der Waals surface area contributed by atoms with Gasteiger partial charge in [0.2, 0.25) is 5.95 Å².